The van der Waals surface area contributed by atoms with Gasteiger partial charge >= 0.3 is 5.88 Å². The molecule has 0 saturated carbocycles. The molecule has 1 aromatic carbocycles. The van der Waals surface area contributed by atoms with Crippen molar-refractivity contribution < 1.29 is 19.0 Å². The first-order valence-electron chi connectivity index (χ1n) is 7.51. The maximum absolute atomic E-state index is 11.9. The van der Waals surface area contributed by atoms with E-state index in [0.29, 0.717) is 6.54 Å². The molecule has 2 N–H and O–H groups in total. The molecule has 0 aliphatic carbocycles. The summed E-state index contributed by atoms with van der Waals surface area (Å²) in [4.78, 5) is 23.1. The molecular formula is C17H20N3O4+. The molecule has 0 spiro atoms. The Bertz CT molecular complexity index is 750. The fourth-order valence-electron chi connectivity index (χ4n) is 2.21. The van der Waals surface area contributed by atoms with E-state index in [1.807, 2.05) is 24.3 Å². The molecule has 1 heterocycles. The topological polar surface area (TPSA) is 89.8 Å². The summed E-state index contributed by atoms with van der Waals surface area (Å²) in [6, 6.07) is 10.6. The molecule has 0 bridgehead atoms. The average Bonchev–Trinajstić information content (AvgIpc) is 3.01. The van der Waals surface area contributed by atoms with Crippen molar-refractivity contribution in [1.82, 2.24) is 5.32 Å². The summed E-state index contributed by atoms with van der Waals surface area (Å²) >= 11 is 0. The summed E-state index contributed by atoms with van der Waals surface area (Å²) in [5.74, 6) is -0.385. The van der Waals surface area contributed by atoms with Gasteiger partial charge < -0.3 is 14.6 Å². The van der Waals surface area contributed by atoms with Crippen LogP contribution in [-0.4, -0.2) is 24.9 Å². The molecule has 0 radical (unpaired) electrons. The van der Waals surface area contributed by atoms with Crippen molar-refractivity contribution in [1.29, 1.82) is 0 Å². The summed E-state index contributed by atoms with van der Waals surface area (Å²) < 4.78 is 4.95. The van der Waals surface area contributed by atoms with Gasteiger partial charge in [0.05, 0.1) is 20.2 Å². The summed E-state index contributed by atoms with van der Waals surface area (Å²) in [5, 5.41) is 13.3. The van der Waals surface area contributed by atoms with Gasteiger partial charge in [-0.2, -0.15) is 0 Å². The van der Waals surface area contributed by atoms with Crippen LogP contribution in [0.25, 0.3) is 6.08 Å². The highest BCUT2D eigenvalue weighted by Crippen LogP contribution is 2.16. The molecule has 126 valence electrons. The summed E-state index contributed by atoms with van der Waals surface area (Å²) in [7, 11) is 4.14. The van der Waals surface area contributed by atoms with Gasteiger partial charge in [-0.1, -0.05) is 24.3 Å². The van der Waals surface area contributed by atoms with Gasteiger partial charge in [-0.15, -0.1) is 0 Å². The van der Waals surface area contributed by atoms with Crippen LogP contribution in [0, 0.1) is 10.1 Å². The second-order valence-corrected chi connectivity index (χ2v) is 5.64. The van der Waals surface area contributed by atoms with Crippen LogP contribution in [0.1, 0.15) is 16.9 Å². The highest BCUT2D eigenvalue weighted by molar-refractivity contribution is 5.91. The molecule has 0 unspecified atom stereocenters. The molecule has 1 aromatic heterocycles. The normalized spacial score (nSPS) is 11.1. The fourth-order valence-corrected chi connectivity index (χ4v) is 2.21. The van der Waals surface area contributed by atoms with Gasteiger partial charge in [-0.25, -0.2) is 0 Å². The van der Waals surface area contributed by atoms with Crippen molar-refractivity contribution in [3.63, 3.8) is 0 Å². The summed E-state index contributed by atoms with van der Waals surface area (Å²) in [6.45, 7) is 1.29. The quantitative estimate of drug-likeness (QED) is 0.453. The lowest BCUT2D eigenvalue weighted by molar-refractivity contribution is -0.872. The predicted octanol–water partition coefficient (Wildman–Crippen LogP) is 1.16. The SMILES string of the molecule is C[NH+](C)Cc1ccccc1CNC(=O)/C=C/c1ccc([N+](=O)[O-])o1. The molecule has 2 aromatic rings. The standard InChI is InChI=1S/C17H19N3O4/c1-19(2)12-14-6-4-3-5-13(14)11-18-16(21)9-7-15-8-10-17(24-15)20(22)23/h3-10H,11-12H2,1-2H3,(H,18,21)/p+1/b9-7+. The van der Waals surface area contributed by atoms with Gasteiger partial charge in [0.15, 0.2) is 0 Å². The maximum Gasteiger partial charge on any atom is 0.433 e. The number of furan rings is 1. The number of carbonyl (C=O) groups excluding carboxylic acids is 1. The molecule has 0 atom stereocenters. The van der Waals surface area contributed by atoms with E-state index in [1.165, 1.54) is 34.7 Å². The van der Waals surface area contributed by atoms with Gasteiger partial charge in [-0.05, 0) is 17.7 Å². The zero-order valence-corrected chi connectivity index (χ0v) is 13.6. The zero-order valence-electron chi connectivity index (χ0n) is 13.6. The Morgan fingerprint density at radius 3 is 2.58 bits per heavy atom. The number of quaternary nitrogens is 1. The zero-order chi connectivity index (χ0) is 17.5. The van der Waals surface area contributed by atoms with E-state index in [2.05, 4.69) is 19.4 Å². The average molecular weight is 330 g/mol. The molecular weight excluding hydrogens is 310 g/mol. The minimum Gasteiger partial charge on any atom is -0.401 e. The third-order valence-electron chi connectivity index (χ3n) is 3.31. The van der Waals surface area contributed by atoms with E-state index in [9.17, 15) is 14.9 Å². The number of rotatable bonds is 7. The molecule has 7 nitrogen and oxygen atoms in total. The van der Waals surface area contributed by atoms with Crippen molar-refractivity contribution in [2.24, 2.45) is 0 Å². The van der Waals surface area contributed by atoms with Crippen molar-refractivity contribution in [3.05, 3.63) is 69.5 Å². The maximum atomic E-state index is 11.9. The van der Waals surface area contributed by atoms with Crippen molar-refractivity contribution in [2.45, 2.75) is 13.1 Å². The van der Waals surface area contributed by atoms with E-state index >= 15 is 0 Å². The molecule has 7 heteroatoms. The van der Waals surface area contributed by atoms with Crippen LogP contribution in [0.2, 0.25) is 0 Å². The highest BCUT2D eigenvalue weighted by atomic mass is 16.6. The second kappa shape index (κ2) is 8.07. The number of nitrogens with zero attached hydrogens (tertiary/aromatic N) is 1. The molecule has 0 saturated heterocycles. The van der Waals surface area contributed by atoms with Gasteiger partial charge in [0.2, 0.25) is 5.91 Å². The van der Waals surface area contributed by atoms with E-state index in [4.69, 9.17) is 4.42 Å². The summed E-state index contributed by atoms with van der Waals surface area (Å²) in [6.07, 6.45) is 2.70. The molecule has 0 aliphatic heterocycles. The number of benzene rings is 1. The van der Waals surface area contributed by atoms with Crippen molar-refractivity contribution >= 4 is 17.9 Å². The minimum absolute atomic E-state index is 0.258. The van der Waals surface area contributed by atoms with E-state index < -0.39 is 4.92 Å². The van der Waals surface area contributed by atoms with E-state index in [-0.39, 0.29) is 17.6 Å². The van der Waals surface area contributed by atoms with Crippen molar-refractivity contribution in [2.75, 3.05) is 14.1 Å². The van der Waals surface area contributed by atoms with Crippen LogP contribution in [0.15, 0.2) is 46.9 Å². The third-order valence-corrected chi connectivity index (χ3v) is 3.31. The van der Waals surface area contributed by atoms with Crippen LogP contribution in [0.5, 0.6) is 0 Å². The lowest BCUT2D eigenvalue weighted by Gasteiger charge is -2.12. The smallest absolute Gasteiger partial charge is 0.401 e. The molecule has 2 rings (SSSR count). The largest absolute Gasteiger partial charge is 0.433 e. The number of hydrogen-bond acceptors (Lipinski definition) is 4. The van der Waals surface area contributed by atoms with E-state index in [0.717, 1.165) is 12.1 Å². The lowest BCUT2D eigenvalue weighted by Crippen LogP contribution is -3.04. The fraction of sp³-hybridized carbons (Fsp3) is 0.235. The predicted molar refractivity (Wildman–Crippen MR) is 89.2 cm³/mol. The van der Waals surface area contributed by atoms with Crippen LogP contribution >= 0.6 is 0 Å². The van der Waals surface area contributed by atoms with Crippen molar-refractivity contribution in [3.8, 4) is 0 Å². The minimum atomic E-state index is -0.624. The Morgan fingerprint density at radius 2 is 1.96 bits per heavy atom. The van der Waals surface area contributed by atoms with Gasteiger partial charge in [0.1, 0.15) is 17.2 Å². The number of carbonyl (C=O) groups is 1. The van der Waals surface area contributed by atoms with Gasteiger partial charge in [-0.3, -0.25) is 14.9 Å². The Kier molecular flexibility index (Phi) is 5.86. The Hall–Kier alpha value is -2.93. The first-order valence-corrected chi connectivity index (χ1v) is 7.51. The van der Waals surface area contributed by atoms with Crippen LogP contribution < -0.4 is 10.2 Å². The molecule has 24 heavy (non-hydrogen) atoms. The first-order chi connectivity index (χ1) is 11.5. The highest BCUT2D eigenvalue weighted by Gasteiger charge is 2.10. The number of hydrogen-bond donors (Lipinski definition) is 2. The van der Waals surface area contributed by atoms with Crippen LogP contribution in [-0.2, 0) is 17.9 Å². The molecule has 0 aliphatic rings. The Morgan fingerprint density at radius 1 is 1.25 bits per heavy atom. The van der Waals surface area contributed by atoms with E-state index in [1.54, 1.807) is 0 Å². The molecule has 0 fully saturated rings. The van der Waals surface area contributed by atoms with Gasteiger partial charge in [0, 0.05) is 18.2 Å². The second-order valence-electron chi connectivity index (χ2n) is 5.64. The lowest BCUT2D eigenvalue weighted by atomic mass is 10.1. The Labute approximate surface area is 139 Å². The number of nitro groups is 1. The third kappa shape index (κ3) is 5.06. The van der Waals surface area contributed by atoms with Crippen LogP contribution in [0.3, 0.4) is 0 Å². The monoisotopic (exact) mass is 330 g/mol. The number of nitrogens with one attached hydrogen (secondary N) is 2. The number of amides is 1. The summed E-state index contributed by atoms with van der Waals surface area (Å²) in [5.41, 5.74) is 2.25. The first kappa shape index (κ1) is 17.4. The van der Waals surface area contributed by atoms with Crippen LogP contribution in [0.4, 0.5) is 5.88 Å². The Balaban J connectivity index is 1.93. The van der Waals surface area contributed by atoms with Gasteiger partial charge in [0.25, 0.3) is 0 Å². The molecule has 1 amide bonds.